The molecule has 0 saturated carbocycles. The number of ether oxygens (including phenoxy) is 1. The molecule has 1 amide bonds. The molecule has 0 aliphatic carbocycles. The summed E-state index contributed by atoms with van der Waals surface area (Å²) in [5.41, 5.74) is 4.43. The fourth-order valence-corrected chi connectivity index (χ4v) is 3.60. The Bertz CT molecular complexity index is 968. The second kappa shape index (κ2) is 8.78. The molecule has 4 rings (SSSR count). The second-order valence-electron chi connectivity index (χ2n) is 7.20. The zero-order chi connectivity index (χ0) is 20.1. The number of methoxy groups -OCH3 is 1. The van der Waals surface area contributed by atoms with E-state index in [0.29, 0.717) is 12.1 Å². The van der Waals surface area contributed by atoms with Gasteiger partial charge < -0.3 is 15.0 Å². The summed E-state index contributed by atoms with van der Waals surface area (Å²) in [5.74, 6) is 1.68. The number of carbonyl (C=O) groups excluding carboxylic acids is 1. The monoisotopic (exact) mass is 387 g/mol. The highest BCUT2D eigenvalue weighted by Gasteiger charge is 2.21. The van der Waals surface area contributed by atoms with Crippen LogP contribution in [-0.4, -0.2) is 36.0 Å². The standard InChI is InChI=1S/C24H25N3O2/c1-29-22-9-6-18(7-10-22)12-14-25-23-11-8-20(16-26-23)24(28)27-15-13-19-4-2-3-5-21(19)17-27/h2-11,16H,12-15,17H2,1H3,(H,25,26). The number of nitrogens with zero attached hydrogens (tertiary/aromatic N) is 2. The van der Waals surface area contributed by atoms with Crippen LogP contribution in [0.1, 0.15) is 27.0 Å². The SMILES string of the molecule is COc1ccc(CCNc2ccc(C(=O)N3CCc4ccccc4C3)cn2)cc1. The molecule has 2 aromatic carbocycles. The quantitative estimate of drug-likeness (QED) is 0.696. The van der Waals surface area contributed by atoms with Crippen LogP contribution in [0.4, 0.5) is 5.82 Å². The second-order valence-corrected chi connectivity index (χ2v) is 7.20. The first-order valence-corrected chi connectivity index (χ1v) is 9.92. The van der Waals surface area contributed by atoms with Crippen molar-refractivity contribution in [1.82, 2.24) is 9.88 Å². The molecule has 1 aromatic heterocycles. The van der Waals surface area contributed by atoms with Crippen molar-refractivity contribution < 1.29 is 9.53 Å². The number of rotatable bonds is 6. The zero-order valence-corrected chi connectivity index (χ0v) is 16.6. The van der Waals surface area contributed by atoms with Gasteiger partial charge in [-0.25, -0.2) is 4.98 Å². The fourth-order valence-electron chi connectivity index (χ4n) is 3.60. The predicted molar refractivity (Wildman–Crippen MR) is 114 cm³/mol. The summed E-state index contributed by atoms with van der Waals surface area (Å²) in [6, 6.07) is 20.1. The van der Waals surface area contributed by atoms with Crippen LogP contribution in [0.15, 0.2) is 66.9 Å². The van der Waals surface area contributed by atoms with Gasteiger partial charge in [-0.05, 0) is 53.8 Å². The Kier molecular flexibility index (Phi) is 5.75. The molecule has 0 spiro atoms. The maximum Gasteiger partial charge on any atom is 0.255 e. The number of fused-ring (bicyclic) bond motifs is 1. The van der Waals surface area contributed by atoms with Crippen molar-refractivity contribution >= 4 is 11.7 Å². The van der Waals surface area contributed by atoms with Crippen molar-refractivity contribution in [3.63, 3.8) is 0 Å². The van der Waals surface area contributed by atoms with Crippen molar-refractivity contribution in [2.45, 2.75) is 19.4 Å². The highest BCUT2D eigenvalue weighted by atomic mass is 16.5. The Morgan fingerprint density at radius 1 is 1.07 bits per heavy atom. The first kappa shape index (κ1) is 19.0. The third kappa shape index (κ3) is 4.57. The average molecular weight is 387 g/mol. The lowest BCUT2D eigenvalue weighted by molar-refractivity contribution is 0.0734. The molecule has 0 saturated heterocycles. The summed E-state index contributed by atoms with van der Waals surface area (Å²) in [4.78, 5) is 19.1. The summed E-state index contributed by atoms with van der Waals surface area (Å²) in [6.45, 7) is 2.18. The van der Waals surface area contributed by atoms with E-state index in [1.165, 1.54) is 16.7 Å². The van der Waals surface area contributed by atoms with Crippen molar-refractivity contribution in [3.8, 4) is 5.75 Å². The number of hydrogen-bond acceptors (Lipinski definition) is 4. The number of pyridine rings is 1. The summed E-state index contributed by atoms with van der Waals surface area (Å²) in [5, 5.41) is 3.31. The first-order chi connectivity index (χ1) is 14.2. The van der Waals surface area contributed by atoms with Gasteiger partial charge in [0.1, 0.15) is 11.6 Å². The minimum absolute atomic E-state index is 0.0387. The minimum atomic E-state index is 0.0387. The van der Waals surface area contributed by atoms with Crippen LogP contribution in [0.3, 0.4) is 0 Å². The molecular formula is C24H25N3O2. The first-order valence-electron chi connectivity index (χ1n) is 9.92. The molecule has 3 aromatic rings. The normalized spacial score (nSPS) is 12.9. The summed E-state index contributed by atoms with van der Waals surface area (Å²) in [7, 11) is 1.67. The average Bonchev–Trinajstić information content (AvgIpc) is 2.79. The highest BCUT2D eigenvalue weighted by molar-refractivity contribution is 5.94. The number of anilines is 1. The van der Waals surface area contributed by atoms with Gasteiger partial charge >= 0.3 is 0 Å². The van der Waals surface area contributed by atoms with Crippen LogP contribution in [0.2, 0.25) is 0 Å². The molecule has 5 nitrogen and oxygen atoms in total. The van der Waals surface area contributed by atoms with Gasteiger partial charge in [0.05, 0.1) is 12.7 Å². The molecule has 148 valence electrons. The molecule has 0 bridgehead atoms. The number of aromatic nitrogens is 1. The molecule has 1 N–H and O–H groups in total. The van der Waals surface area contributed by atoms with E-state index in [1.807, 2.05) is 35.2 Å². The van der Waals surface area contributed by atoms with Crippen LogP contribution in [0, 0.1) is 0 Å². The maximum atomic E-state index is 12.8. The molecule has 5 heteroatoms. The van der Waals surface area contributed by atoms with E-state index in [-0.39, 0.29) is 5.91 Å². The van der Waals surface area contributed by atoms with Gasteiger partial charge in [0.25, 0.3) is 5.91 Å². The molecule has 1 aliphatic heterocycles. The van der Waals surface area contributed by atoms with Crippen LogP contribution < -0.4 is 10.1 Å². The number of hydrogen-bond donors (Lipinski definition) is 1. The molecule has 0 fully saturated rings. The summed E-state index contributed by atoms with van der Waals surface area (Å²) >= 11 is 0. The lowest BCUT2D eigenvalue weighted by atomic mass is 9.99. The predicted octanol–water partition coefficient (Wildman–Crippen LogP) is 3.94. The van der Waals surface area contributed by atoms with Gasteiger partial charge in [0.15, 0.2) is 0 Å². The minimum Gasteiger partial charge on any atom is -0.497 e. The van der Waals surface area contributed by atoms with Gasteiger partial charge in [-0.3, -0.25) is 4.79 Å². The van der Waals surface area contributed by atoms with E-state index < -0.39 is 0 Å². The van der Waals surface area contributed by atoms with E-state index in [4.69, 9.17) is 4.74 Å². The Hall–Kier alpha value is -3.34. The molecule has 0 atom stereocenters. The topological polar surface area (TPSA) is 54.5 Å². The van der Waals surface area contributed by atoms with Crippen LogP contribution >= 0.6 is 0 Å². The zero-order valence-electron chi connectivity index (χ0n) is 16.6. The number of amides is 1. The third-order valence-corrected chi connectivity index (χ3v) is 5.31. The summed E-state index contributed by atoms with van der Waals surface area (Å²) < 4.78 is 5.18. The van der Waals surface area contributed by atoms with E-state index in [0.717, 1.165) is 37.5 Å². The molecule has 29 heavy (non-hydrogen) atoms. The molecule has 0 radical (unpaired) electrons. The van der Waals surface area contributed by atoms with Crippen LogP contribution in [-0.2, 0) is 19.4 Å². The molecule has 0 unspecified atom stereocenters. The molecule has 1 aliphatic rings. The number of carbonyl (C=O) groups is 1. The van der Waals surface area contributed by atoms with Crippen molar-refractivity contribution in [3.05, 3.63) is 89.1 Å². The van der Waals surface area contributed by atoms with E-state index in [1.54, 1.807) is 13.3 Å². The van der Waals surface area contributed by atoms with Gasteiger partial charge in [0, 0.05) is 25.8 Å². The van der Waals surface area contributed by atoms with E-state index in [9.17, 15) is 4.79 Å². The summed E-state index contributed by atoms with van der Waals surface area (Å²) in [6.07, 6.45) is 3.46. The van der Waals surface area contributed by atoms with E-state index in [2.05, 4.69) is 40.6 Å². The van der Waals surface area contributed by atoms with Crippen LogP contribution in [0.5, 0.6) is 5.75 Å². The van der Waals surface area contributed by atoms with Gasteiger partial charge in [0.2, 0.25) is 0 Å². The lowest BCUT2D eigenvalue weighted by Gasteiger charge is -2.28. The molecule has 2 heterocycles. The Balaban J connectivity index is 1.31. The Labute approximate surface area is 171 Å². The van der Waals surface area contributed by atoms with Gasteiger partial charge in [-0.1, -0.05) is 36.4 Å². The third-order valence-electron chi connectivity index (χ3n) is 5.31. The molecular weight excluding hydrogens is 362 g/mol. The van der Waals surface area contributed by atoms with Crippen molar-refractivity contribution in [2.75, 3.05) is 25.5 Å². The van der Waals surface area contributed by atoms with Crippen LogP contribution in [0.25, 0.3) is 0 Å². The van der Waals surface area contributed by atoms with Gasteiger partial charge in [-0.15, -0.1) is 0 Å². The lowest BCUT2D eigenvalue weighted by Crippen LogP contribution is -2.36. The smallest absolute Gasteiger partial charge is 0.255 e. The number of nitrogens with one attached hydrogen (secondary N) is 1. The van der Waals surface area contributed by atoms with Crippen molar-refractivity contribution in [1.29, 1.82) is 0 Å². The Morgan fingerprint density at radius 2 is 1.86 bits per heavy atom. The number of benzene rings is 2. The van der Waals surface area contributed by atoms with Crippen molar-refractivity contribution in [2.24, 2.45) is 0 Å². The van der Waals surface area contributed by atoms with Gasteiger partial charge in [-0.2, -0.15) is 0 Å². The largest absolute Gasteiger partial charge is 0.497 e. The highest BCUT2D eigenvalue weighted by Crippen LogP contribution is 2.20. The maximum absolute atomic E-state index is 12.8. The fraction of sp³-hybridized carbons (Fsp3) is 0.250. The Morgan fingerprint density at radius 3 is 2.59 bits per heavy atom. The van der Waals surface area contributed by atoms with E-state index >= 15 is 0 Å².